The van der Waals surface area contributed by atoms with E-state index in [2.05, 4.69) is 21.4 Å². The van der Waals surface area contributed by atoms with Gasteiger partial charge in [-0.3, -0.25) is 25.2 Å². The second kappa shape index (κ2) is 10.6. The Morgan fingerprint density at radius 2 is 1.61 bits per heavy atom. The number of amides is 3. The number of furan rings is 1. The average Bonchev–Trinajstić information content (AvgIpc) is 3.31. The van der Waals surface area contributed by atoms with Crippen LogP contribution in [-0.4, -0.2) is 30.5 Å². The van der Waals surface area contributed by atoms with Gasteiger partial charge in [0.1, 0.15) is 11.5 Å². The number of nitrogens with zero attached hydrogens (tertiary/aromatic N) is 1. The van der Waals surface area contributed by atoms with Crippen molar-refractivity contribution in [1.29, 1.82) is 0 Å². The van der Waals surface area contributed by atoms with E-state index in [1.807, 2.05) is 36.4 Å². The van der Waals surface area contributed by atoms with Gasteiger partial charge in [-0.15, -0.1) is 0 Å². The Morgan fingerprint density at radius 3 is 2.39 bits per heavy atom. The maximum Gasteiger partial charge on any atom is 0.305 e. The predicted octanol–water partition coefficient (Wildman–Crippen LogP) is 4.30. The van der Waals surface area contributed by atoms with Gasteiger partial charge >= 0.3 is 5.91 Å². The van der Waals surface area contributed by atoms with E-state index < -0.39 is 11.8 Å². The third kappa shape index (κ3) is 4.86. The number of benzene rings is 3. The molecule has 3 aromatic carbocycles. The third-order valence-corrected chi connectivity index (χ3v) is 6.50. The normalized spacial score (nSPS) is 13.6. The minimum absolute atomic E-state index is 0.0833. The first-order valence-electron chi connectivity index (χ1n) is 12.2. The van der Waals surface area contributed by atoms with Crippen LogP contribution < -0.4 is 21.0 Å². The lowest BCUT2D eigenvalue weighted by atomic mass is 9.93. The molecule has 1 aliphatic rings. The van der Waals surface area contributed by atoms with Crippen LogP contribution >= 0.6 is 0 Å². The smallest absolute Gasteiger partial charge is 0.305 e. The summed E-state index contributed by atoms with van der Waals surface area (Å²) >= 11 is 0. The highest BCUT2D eigenvalue weighted by Gasteiger charge is 2.28. The summed E-state index contributed by atoms with van der Waals surface area (Å²) in [5, 5.41) is 6.22. The van der Waals surface area contributed by atoms with Crippen molar-refractivity contribution in [1.82, 2.24) is 16.3 Å². The van der Waals surface area contributed by atoms with Gasteiger partial charge in [0.2, 0.25) is 0 Å². The molecule has 4 aromatic rings. The van der Waals surface area contributed by atoms with Crippen LogP contribution in [0.5, 0.6) is 5.75 Å². The third-order valence-electron chi connectivity index (χ3n) is 6.50. The van der Waals surface area contributed by atoms with Gasteiger partial charge in [0.25, 0.3) is 11.8 Å². The van der Waals surface area contributed by atoms with Gasteiger partial charge in [-0.05, 0) is 60.9 Å². The quantitative estimate of drug-likeness (QED) is 0.346. The second-order valence-electron chi connectivity index (χ2n) is 8.87. The fourth-order valence-electron chi connectivity index (χ4n) is 4.58. The summed E-state index contributed by atoms with van der Waals surface area (Å²) in [6, 6.07) is 19.7. The van der Waals surface area contributed by atoms with Gasteiger partial charge in [0.05, 0.1) is 12.8 Å². The summed E-state index contributed by atoms with van der Waals surface area (Å²) in [5.41, 5.74) is 10.3. The lowest BCUT2D eigenvalue weighted by molar-refractivity contribution is 0.0829. The zero-order chi connectivity index (χ0) is 26.6. The highest BCUT2D eigenvalue weighted by molar-refractivity contribution is 6.09. The van der Waals surface area contributed by atoms with Crippen molar-refractivity contribution in [3.05, 3.63) is 101 Å². The molecule has 38 heavy (non-hydrogen) atoms. The zero-order valence-corrected chi connectivity index (χ0v) is 21.0. The van der Waals surface area contributed by atoms with Crippen molar-refractivity contribution in [3.63, 3.8) is 0 Å². The lowest BCUT2D eigenvalue weighted by Crippen LogP contribution is -2.41. The highest BCUT2D eigenvalue weighted by Crippen LogP contribution is 2.30. The molecule has 3 N–H and O–H groups in total. The van der Waals surface area contributed by atoms with Crippen molar-refractivity contribution in [2.24, 2.45) is 5.10 Å². The number of hydrazone groups is 1. The Hall–Kier alpha value is -4.92. The fourth-order valence-corrected chi connectivity index (χ4v) is 4.58. The Balaban J connectivity index is 1.31. The number of carbonyl (C=O) groups excluding carboxylic acids is 3. The Labute approximate surface area is 218 Å². The van der Waals surface area contributed by atoms with Gasteiger partial charge in [0.15, 0.2) is 5.76 Å². The van der Waals surface area contributed by atoms with Gasteiger partial charge in [-0.25, -0.2) is 5.43 Å². The van der Waals surface area contributed by atoms with Gasteiger partial charge in [-0.2, -0.15) is 5.10 Å². The summed E-state index contributed by atoms with van der Waals surface area (Å²) in [6.45, 7) is 1.76. The summed E-state index contributed by atoms with van der Waals surface area (Å²) in [7, 11) is 1.54. The standard InChI is InChI=1S/C29H26N4O5/c1-17-25-23(30-32-28(35)22-10-5-8-18-7-3-4-9-21(18)22)11-6-12-24(25)38-26(17)29(36)33-31-27(34)19-13-15-20(37-2)16-14-19/h3-5,7-10,13-16H,6,11-12H2,1-2H3,(H,31,34)(H,32,35)(H,33,36)/b30-23+. The van der Waals surface area contributed by atoms with Crippen LogP contribution in [0, 0.1) is 6.92 Å². The maximum absolute atomic E-state index is 13.0. The van der Waals surface area contributed by atoms with Gasteiger partial charge in [-0.1, -0.05) is 36.4 Å². The number of ether oxygens (including phenoxy) is 1. The Morgan fingerprint density at radius 1 is 0.868 bits per heavy atom. The maximum atomic E-state index is 13.0. The number of carbonyl (C=O) groups is 3. The summed E-state index contributed by atoms with van der Waals surface area (Å²) in [6.07, 6.45) is 2.02. The molecule has 0 unspecified atom stereocenters. The molecule has 3 amide bonds. The highest BCUT2D eigenvalue weighted by atomic mass is 16.5. The van der Waals surface area contributed by atoms with Crippen molar-refractivity contribution in [2.45, 2.75) is 26.2 Å². The molecule has 0 fully saturated rings. The molecule has 192 valence electrons. The summed E-state index contributed by atoms with van der Waals surface area (Å²) < 4.78 is 11.0. The molecule has 1 aliphatic carbocycles. The van der Waals surface area contributed by atoms with Gasteiger partial charge < -0.3 is 9.15 Å². The molecule has 9 nitrogen and oxygen atoms in total. The number of hydrazine groups is 1. The number of fused-ring (bicyclic) bond motifs is 2. The van der Waals surface area contributed by atoms with Crippen LogP contribution in [0.25, 0.3) is 10.8 Å². The minimum Gasteiger partial charge on any atom is -0.497 e. The molecule has 5 rings (SSSR count). The number of methoxy groups -OCH3 is 1. The summed E-state index contributed by atoms with van der Waals surface area (Å²) in [4.78, 5) is 38.2. The van der Waals surface area contributed by atoms with E-state index >= 15 is 0 Å². The first-order chi connectivity index (χ1) is 18.5. The molecule has 0 bridgehead atoms. The number of hydrogen-bond acceptors (Lipinski definition) is 6. The second-order valence-corrected chi connectivity index (χ2v) is 8.87. The molecule has 0 saturated carbocycles. The molecule has 0 radical (unpaired) electrons. The number of rotatable bonds is 5. The number of hydrogen-bond donors (Lipinski definition) is 3. The molecule has 0 saturated heterocycles. The molecule has 9 heteroatoms. The molecule has 0 spiro atoms. The number of aryl methyl sites for hydroxylation is 1. The van der Waals surface area contributed by atoms with Crippen LogP contribution in [0.1, 0.15) is 61.0 Å². The SMILES string of the molecule is COc1ccc(C(=O)NNC(=O)c2oc3c(c2C)/C(=N/NC(=O)c2cccc4ccccc24)CCC3)cc1. The van der Waals surface area contributed by atoms with Gasteiger partial charge in [0, 0.05) is 28.7 Å². The lowest BCUT2D eigenvalue weighted by Gasteiger charge is -2.13. The molecule has 1 heterocycles. The van der Waals surface area contributed by atoms with E-state index in [0.29, 0.717) is 52.3 Å². The monoisotopic (exact) mass is 510 g/mol. The van der Waals surface area contributed by atoms with Crippen molar-refractivity contribution in [3.8, 4) is 5.75 Å². The van der Waals surface area contributed by atoms with Crippen molar-refractivity contribution >= 4 is 34.2 Å². The van der Waals surface area contributed by atoms with E-state index in [0.717, 1.165) is 17.2 Å². The van der Waals surface area contributed by atoms with E-state index in [1.54, 1.807) is 37.3 Å². The van der Waals surface area contributed by atoms with Crippen molar-refractivity contribution in [2.75, 3.05) is 7.11 Å². The number of nitrogens with one attached hydrogen (secondary N) is 3. The molecule has 1 aromatic heterocycles. The van der Waals surface area contributed by atoms with Crippen LogP contribution in [0.2, 0.25) is 0 Å². The van der Waals surface area contributed by atoms with E-state index in [1.165, 1.54) is 7.11 Å². The van der Waals surface area contributed by atoms with Crippen LogP contribution in [0.3, 0.4) is 0 Å². The first kappa shape index (κ1) is 24.8. The van der Waals surface area contributed by atoms with Crippen LogP contribution in [0.15, 0.2) is 76.2 Å². The van der Waals surface area contributed by atoms with Crippen LogP contribution in [0.4, 0.5) is 0 Å². The molecule has 0 aliphatic heterocycles. The average molecular weight is 511 g/mol. The topological polar surface area (TPSA) is 122 Å². The first-order valence-corrected chi connectivity index (χ1v) is 12.2. The molecular formula is C29H26N4O5. The van der Waals surface area contributed by atoms with Crippen molar-refractivity contribution < 1.29 is 23.5 Å². The summed E-state index contributed by atoms with van der Waals surface area (Å²) in [5.74, 6) is -0.0558. The molecular weight excluding hydrogens is 484 g/mol. The Kier molecular flexibility index (Phi) is 6.90. The minimum atomic E-state index is -0.585. The Bertz CT molecular complexity index is 1560. The van der Waals surface area contributed by atoms with E-state index in [4.69, 9.17) is 9.15 Å². The largest absolute Gasteiger partial charge is 0.497 e. The van der Waals surface area contributed by atoms with E-state index in [-0.39, 0.29) is 11.7 Å². The molecule has 0 atom stereocenters. The fraction of sp³-hybridized carbons (Fsp3) is 0.172. The van der Waals surface area contributed by atoms with Crippen LogP contribution in [-0.2, 0) is 6.42 Å². The predicted molar refractivity (Wildman–Crippen MR) is 142 cm³/mol. The van der Waals surface area contributed by atoms with E-state index in [9.17, 15) is 14.4 Å². The zero-order valence-electron chi connectivity index (χ0n) is 21.0.